The van der Waals surface area contributed by atoms with E-state index in [1.54, 1.807) is 41.5 Å². The number of carbonyl (C=O) groups is 3. The molecule has 3 aliphatic rings. The lowest BCUT2D eigenvalue weighted by Crippen LogP contribution is -2.62. The van der Waals surface area contributed by atoms with Gasteiger partial charge in [-0.1, -0.05) is 27.7 Å². The van der Waals surface area contributed by atoms with Gasteiger partial charge in [0.15, 0.2) is 24.0 Å². The SMILES string of the molecule is CC(C)C[C@H](NC(=O)[C@@H](NC(=O)[C@H]1O[C@H]2OC(C)(C)O[C@@H]2[C@H]2OC(C)(C)O[C@@H]21)C(C)C)C(=O)O. The summed E-state index contributed by atoms with van der Waals surface area (Å²) in [6.07, 6.45) is -3.67. The van der Waals surface area contributed by atoms with Crippen molar-refractivity contribution >= 4 is 17.8 Å². The number of hydrogen-bond donors (Lipinski definition) is 3. The molecule has 0 aromatic heterocycles. The molecular weight excluding hydrogens is 448 g/mol. The molecule has 0 aliphatic carbocycles. The number of carboxylic acids is 1. The Balaban J connectivity index is 1.76. The van der Waals surface area contributed by atoms with Crippen molar-refractivity contribution in [1.29, 1.82) is 0 Å². The predicted octanol–water partition coefficient (Wildman–Crippen LogP) is 1.14. The Morgan fingerprint density at radius 1 is 0.853 bits per heavy atom. The van der Waals surface area contributed by atoms with Gasteiger partial charge in [0.05, 0.1) is 0 Å². The zero-order valence-electron chi connectivity index (χ0n) is 21.1. The topological polar surface area (TPSA) is 142 Å². The second-order valence-electron chi connectivity index (χ2n) is 10.8. The summed E-state index contributed by atoms with van der Waals surface area (Å²) in [6.45, 7) is 14.2. The molecule has 0 aromatic rings. The molecule has 3 rings (SSSR count). The molecule has 3 saturated heterocycles. The third-order valence-corrected chi connectivity index (χ3v) is 5.98. The van der Waals surface area contributed by atoms with E-state index >= 15 is 0 Å². The van der Waals surface area contributed by atoms with Crippen LogP contribution in [0.2, 0.25) is 0 Å². The Morgan fingerprint density at radius 2 is 1.41 bits per heavy atom. The molecule has 0 bridgehead atoms. The number of carboxylic acid groups (broad SMARTS) is 1. The van der Waals surface area contributed by atoms with Gasteiger partial charge in [-0.3, -0.25) is 9.59 Å². The second kappa shape index (κ2) is 9.69. The number of rotatable bonds is 8. The number of nitrogens with one attached hydrogen (secondary N) is 2. The number of hydrogen-bond acceptors (Lipinski definition) is 8. The van der Waals surface area contributed by atoms with E-state index in [1.165, 1.54) is 0 Å². The molecule has 3 N–H and O–H groups in total. The average Bonchev–Trinajstić information content (AvgIpc) is 3.17. The summed E-state index contributed by atoms with van der Waals surface area (Å²) in [5.74, 6) is -4.42. The number of aliphatic carboxylic acids is 1. The van der Waals surface area contributed by atoms with E-state index in [0.29, 0.717) is 0 Å². The van der Waals surface area contributed by atoms with Crippen LogP contribution in [0.25, 0.3) is 0 Å². The van der Waals surface area contributed by atoms with Crippen LogP contribution in [0.4, 0.5) is 0 Å². The zero-order chi connectivity index (χ0) is 25.6. The molecule has 0 aromatic carbocycles. The van der Waals surface area contributed by atoms with Crippen LogP contribution in [-0.2, 0) is 38.1 Å². The molecule has 3 heterocycles. The number of carbonyl (C=O) groups excluding carboxylic acids is 2. The van der Waals surface area contributed by atoms with E-state index in [0.717, 1.165) is 0 Å². The van der Waals surface area contributed by atoms with Crippen LogP contribution in [0.1, 0.15) is 61.8 Å². The fourth-order valence-corrected chi connectivity index (χ4v) is 4.55. The highest BCUT2D eigenvalue weighted by molar-refractivity contribution is 5.92. The van der Waals surface area contributed by atoms with Gasteiger partial charge in [0.25, 0.3) is 5.91 Å². The fraction of sp³-hybridized carbons (Fsp3) is 0.870. The standard InChI is InChI=1S/C23H38N2O9/c1-10(2)9-12(20(28)29)24-18(26)13(11(3)4)25-19(27)16-14-15(32-22(5,6)31-14)17-21(30-16)34-23(7,8)33-17/h10-17,21H,9H2,1-8H3,(H,24,26)(H,25,27)(H,28,29)/t12-,13-,14-,15-,16-,17+,21-/m0/s1. The Kier molecular flexibility index (Phi) is 7.64. The van der Waals surface area contributed by atoms with Crippen LogP contribution < -0.4 is 10.6 Å². The first-order chi connectivity index (χ1) is 15.6. The third-order valence-electron chi connectivity index (χ3n) is 5.98. The van der Waals surface area contributed by atoms with Crippen LogP contribution in [0.3, 0.4) is 0 Å². The van der Waals surface area contributed by atoms with E-state index in [9.17, 15) is 19.5 Å². The molecule has 0 unspecified atom stereocenters. The predicted molar refractivity (Wildman–Crippen MR) is 118 cm³/mol. The highest BCUT2D eigenvalue weighted by atomic mass is 16.9. The van der Waals surface area contributed by atoms with Gasteiger partial charge in [0, 0.05) is 0 Å². The summed E-state index contributed by atoms with van der Waals surface area (Å²) in [4.78, 5) is 37.9. The monoisotopic (exact) mass is 486 g/mol. The molecule has 7 atom stereocenters. The van der Waals surface area contributed by atoms with Gasteiger partial charge >= 0.3 is 5.97 Å². The van der Waals surface area contributed by atoms with Crippen LogP contribution in [-0.4, -0.2) is 77.3 Å². The maximum atomic E-state index is 13.4. The van der Waals surface area contributed by atoms with Gasteiger partial charge in [-0.05, 0) is 46.0 Å². The smallest absolute Gasteiger partial charge is 0.326 e. The number of amides is 2. The van der Waals surface area contributed by atoms with Crippen molar-refractivity contribution in [3.63, 3.8) is 0 Å². The van der Waals surface area contributed by atoms with Crippen LogP contribution in [0, 0.1) is 11.8 Å². The second-order valence-corrected chi connectivity index (χ2v) is 10.8. The molecule has 34 heavy (non-hydrogen) atoms. The van der Waals surface area contributed by atoms with E-state index < -0.39 is 72.1 Å². The van der Waals surface area contributed by atoms with Crippen molar-refractivity contribution in [3.05, 3.63) is 0 Å². The van der Waals surface area contributed by atoms with Crippen molar-refractivity contribution in [3.8, 4) is 0 Å². The molecule has 0 spiro atoms. The van der Waals surface area contributed by atoms with Crippen molar-refractivity contribution in [2.24, 2.45) is 11.8 Å². The van der Waals surface area contributed by atoms with Gasteiger partial charge in [-0.25, -0.2) is 4.79 Å². The lowest BCUT2D eigenvalue weighted by molar-refractivity contribution is -0.231. The first kappa shape index (κ1) is 26.8. The van der Waals surface area contributed by atoms with Crippen LogP contribution >= 0.6 is 0 Å². The summed E-state index contributed by atoms with van der Waals surface area (Å²) in [7, 11) is 0. The summed E-state index contributed by atoms with van der Waals surface area (Å²) < 4.78 is 29.7. The Hall–Kier alpha value is -1.79. The molecule has 2 amide bonds. The van der Waals surface area contributed by atoms with Crippen LogP contribution in [0.15, 0.2) is 0 Å². The van der Waals surface area contributed by atoms with E-state index in [1.807, 2.05) is 13.8 Å². The van der Waals surface area contributed by atoms with Crippen molar-refractivity contribution in [1.82, 2.24) is 10.6 Å². The Labute approximate surface area is 200 Å². The van der Waals surface area contributed by atoms with Gasteiger partial charge in [-0.15, -0.1) is 0 Å². The minimum Gasteiger partial charge on any atom is -0.480 e. The quantitative estimate of drug-likeness (QED) is 0.460. The largest absolute Gasteiger partial charge is 0.480 e. The molecule has 194 valence electrons. The third kappa shape index (κ3) is 5.88. The van der Waals surface area contributed by atoms with Crippen LogP contribution in [0.5, 0.6) is 0 Å². The highest BCUT2D eigenvalue weighted by Crippen LogP contribution is 2.44. The van der Waals surface area contributed by atoms with E-state index in [2.05, 4.69) is 10.6 Å². The van der Waals surface area contributed by atoms with Gasteiger partial charge in [0.2, 0.25) is 5.91 Å². The summed E-state index contributed by atoms with van der Waals surface area (Å²) in [6, 6.07) is -2.03. The summed E-state index contributed by atoms with van der Waals surface area (Å²) in [5, 5.41) is 14.8. The molecule has 11 heteroatoms. The maximum absolute atomic E-state index is 13.4. The minimum absolute atomic E-state index is 0.0646. The first-order valence-corrected chi connectivity index (χ1v) is 11.8. The first-order valence-electron chi connectivity index (χ1n) is 11.8. The average molecular weight is 487 g/mol. The van der Waals surface area contributed by atoms with Gasteiger partial charge in [0.1, 0.15) is 30.4 Å². The molecule has 11 nitrogen and oxygen atoms in total. The maximum Gasteiger partial charge on any atom is 0.326 e. The molecular formula is C23H38N2O9. The van der Waals surface area contributed by atoms with Crippen molar-refractivity contribution in [2.45, 2.75) is 116 Å². The lowest BCUT2D eigenvalue weighted by atomic mass is 9.96. The minimum atomic E-state index is -1.12. The summed E-state index contributed by atoms with van der Waals surface area (Å²) >= 11 is 0. The Bertz CT molecular complexity index is 797. The lowest BCUT2D eigenvalue weighted by Gasteiger charge is -2.37. The molecule has 3 aliphatic heterocycles. The summed E-state index contributed by atoms with van der Waals surface area (Å²) in [5.41, 5.74) is 0. The van der Waals surface area contributed by atoms with Crippen molar-refractivity contribution < 1.29 is 43.2 Å². The van der Waals surface area contributed by atoms with E-state index in [-0.39, 0.29) is 18.3 Å². The number of ether oxygens (including phenoxy) is 5. The molecule has 0 radical (unpaired) electrons. The van der Waals surface area contributed by atoms with Crippen molar-refractivity contribution in [2.75, 3.05) is 0 Å². The molecule has 0 saturated carbocycles. The number of fused-ring (bicyclic) bond motifs is 3. The zero-order valence-corrected chi connectivity index (χ0v) is 21.1. The molecule has 3 fully saturated rings. The highest BCUT2D eigenvalue weighted by Gasteiger charge is 2.62. The van der Waals surface area contributed by atoms with Gasteiger partial charge in [-0.2, -0.15) is 0 Å². The van der Waals surface area contributed by atoms with Gasteiger partial charge < -0.3 is 39.4 Å². The normalized spacial score (nSPS) is 33.2. The fourth-order valence-electron chi connectivity index (χ4n) is 4.55. The Morgan fingerprint density at radius 3 is 1.97 bits per heavy atom. The van der Waals surface area contributed by atoms with E-state index in [4.69, 9.17) is 23.7 Å².